The van der Waals surface area contributed by atoms with Crippen molar-refractivity contribution in [2.45, 2.75) is 25.7 Å². The first-order chi connectivity index (χ1) is 15.2. The number of carbonyl (C=O) groups is 1. The van der Waals surface area contributed by atoms with Crippen molar-refractivity contribution in [2.75, 3.05) is 11.8 Å². The topological polar surface area (TPSA) is 85.4 Å². The molecule has 3 aromatic carbocycles. The smallest absolute Gasteiger partial charge is 0.338 e. The van der Waals surface area contributed by atoms with Gasteiger partial charge >= 0.3 is 5.97 Å². The fraction of sp³-hybridized carbons (Fsp3) is 0.167. The molecule has 4 aromatic rings. The summed E-state index contributed by atoms with van der Waals surface area (Å²) in [6, 6.07) is 16.1. The van der Waals surface area contributed by atoms with Crippen molar-refractivity contribution in [3.8, 4) is 10.6 Å². The van der Waals surface area contributed by atoms with Gasteiger partial charge in [0, 0.05) is 11.3 Å². The molecule has 0 bridgehead atoms. The van der Waals surface area contributed by atoms with E-state index >= 15 is 0 Å². The van der Waals surface area contributed by atoms with Crippen LogP contribution >= 0.6 is 11.3 Å². The number of benzene rings is 3. The van der Waals surface area contributed by atoms with Gasteiger partial charge in [-0.15, -0.1) is 11.3 Å². The third-order valence-electron chi connectivity index (χ3n) is 5.28. The molecule has 0 aliphatic rings. The molecule has 0 aliphatic heterocycles. The highest BCUT2D eigenvalue weighted by molar-refractivity contribution is 7.92. The second-order valence-electron chi connectivity index (χ2n) is 7.58. The molecule has 1 aromatic heterocycles. The van der Waals surface area contributed by atoms with E-state index in [-0.39, 0.29) is 10.5 Å². The monoisotopic (exact) mass is 466 g/mol. The van der Waals surface area contributed by atoms with Gasteiger partial charge < -0.3 is 4.74 Å². The maximum Gasteiger partial charge on any atom is 0.338 e. The lowest BCUT2D eigenvalue weighted by molar-refractivity contribution is 0.0599. The third-order valence-corrected chi connectivity index (χ3v) is 7.71. The number of nitrogens with one attached hydrogen (secondary N) is 1. The van der Waals surface area contributed by atoms with Crippen molar-refractivity contribution in [3.05, 3.63) is 76.9 Å². The molecular formula is C24H22N2O4S2. The molecular weight excluding hydrogens is 444 g/mol. The number of rotatable bonds is 5. The van der Waals surface area contributed by atoms with E-state index in [0.29, 0.717) is 16.8 Å². The van der Waals surface area contributed by atoms with Gasteiger partial charge in [-0.25, -0.2) is 18.2 Å². The highest BCUT2D eigenvalue weighted by Crippen LogP contribution is 2.31. The number of esters is 1. The molecule has 0 fully saturated rings. The van der Waals surface area contributed by atoms with Crippen LogP contribution in [0.4, 0.5) is 5.69 Å². The van der Waals surface area contributed by atoms with Crippen molar-refractivity contribution in [3.63, 3.8) is 0 Å². The van der Waals surface area contributed by atoms with Crippen LogP contribution in [0.15, 0.2) is 59.5 Å². The molecule has 0 saturated heterocycles. The van der Waals surface area contributed by atoms with Gasteiger partial charge in [0.15, 0.2) is 0 Å². The summed E-state index contributed by atoms with van der Waals surface area (Å²) in [6.45, 7) is 5.56. The highest BCUT2D eigenvalue weighted by atomic mass is 32.2. The summed E-state index contributed by atoms with van der Waals surface area (Å²) in [7, 11) is -2.62. The number of anilines is 1. The number of thiazole rings is 1. The van der Waals surface area contributed by atoms with E-state index in [2.05, 4.69) is 15.8 Å². The molecule has 1 N–H and O–H groups in total. The van der Waals surface area contributed by atoms with Crippen LogP contribution in [0.3, 0.4) is 0 Å². The number of methoxy groups -OCH3 is 1. The molecule has 4 rings (SSSR count). The zero-order valence-electron chi connectivity index (χ0n) is 18.1. The van der Waals surface area contributed by atoms with E-state index in [4.69, 9.17) is 4.74 Å². The van der Waals surface area contributed by atoms with Gasteiger partial charge in [-0.1, -0.05) is 6.07 Å². The molecule has 0 atom stereocenters. The van der Waals surface area contributed by atoms with Gasteiger partial charge in [-0.3, -0.25) is 4.72 Å². The fourth-order valence-corrected chi connectivity index (χ4v) is 5.59. The molecule has 8 heteroatoms. The zero-order valence-corrected chi connectivity index (χ0v) is 19.7. The van der Waals surface area contributed by atoms with Crippen molar-refractivity contribution in [1.82, 2.24) is 4.98 Å². The summed E-state index contributed by atoms with van der Waals surface area (Å²) in [5.74, 6) is -0.571. The Morgan fingerprint density at radius 2 is 1.72 bits per heavy atom. The summed E-state index contributed by atoms with van der Waals surface area (Å²) in [5.41, 5.74) is 5.06. The molecule has 164 valence electrons. The quantitative estimate of drug-likeness (QED) is 0.394. The minimum absolute atomic E-state index is 0.00613. The maximum absolute atomic E-state index is 13.0. The minimum Gasteiger partial charge on any atom is -0.465 e. The summed E-state index contributed by atoms with van der Waals surface area (Å²) < 4.78 is 34.4. The molecule has 0 spiro atoms. The first kappa shape index (κ1) is 22.0. The predicted octanol–water partition coefficient (Wildman–Crippen LogP) is 5.48. The van der Waals surface area contributed by atoms with Crippen LogP contribution < -0.4 is 4.72 Å². The number of aryl methyl sites for hydroxylation is 2. The Bertz CT molecular complexity index is 1440. The Kier molecular flexibility index (Phi) is 5.75. The second kappa shape index (κ2) is 8.37. The number of hydrogen-bond donors (Lipinski definition) is 1. The first-order valence-corrected chi connectivity index (χ1v) is 12.2. The number of sulfonamides is 1. The Hall–Kier alpha value is -3.23. The van der Waals surface area contributed by atoms with Gasteiger partial charge in [0.2, 0.25) is 0 Å². The lowest BCUT2D eigenvalue weighted by Crippen LogP contribution is -2.15. The van der Waals surface area contributed by atoms with Crippen LogP contribution in [0.25, 0.3) is 20.8 Å². The summed E-state index contributed by atoms with van der Waals surface area (Å²) in [6.07, 6.45) is 0. The van der Waals surface area contributed by atoms with Gasteiger partial charge in [-0.05, 0) is 86.0 Å². The van der Waals surface area contributed by atoms with Gasteiger partial charge in [-0.2, -0.15) is 0 Å². The van der Waals surface area contributed by atoms with Gasteiger partial charge in [0.05, 0.1) is 27.8 Å². The Balaban J connectivity index is 1.61. The van der Waals surface area contributed by atoms with Crippen molar-refractivity contribution < 1.29 is 17.9 Å². The first-order valence-electron chi connectivity index (χ1n) is 9.88. The van der Waals surface area contributed by atoms with E-state index in [1.807, 2.05) is 31.2 Å². The summed E-state index contributed by atoms with van der Waals surface area (Å²) in [4.78, 5) is 16.7. The average Bonchev–Trinajstić information content (AvgIpc) is 3.18. The molecule has 0 radical (unpaired) electrons. The fourth-order valence-electron chi connectivity index (χ4n) is 3.35. The highest BCUT2D eigenvalue weighted by Gasteiger charge is 2.20. The van der Waals surface area contributed by atoms with Crippen molar-refractivity contribution in [2.24, 2.45) is 0 Å². The number of aromatic nitrogens is 1. The summed E-state index contributed by atoms with van der Waals surface area (Å²) in [5, 5.41) is 0.872. The number of carbonyl (C=O) groups excluding carboxylic acids is 1. The summed E-state index contributed by atoms with van der Waals surface area (Å²) >= 11 is 1.60. The molecule has 0 amide bonds. The SMILES string of the molecule is COC(=O)c1cc(S(=O)(=O)Nc2ccc(-c3nc4ccc(C)cc4s3)cc2)cc(C)c1C. The third kappa shape index (κ3) is 4.24. The van der Waals surface area contributed by atoms with Crippen LogP contribution in [-0.4, -0.2) is 26.5 Å². The Morgan fingerprint density at radius 1 is 1.00 bits per heavy atom. The van der Waals surface area contributed by atoms with E-state index in [9.17, 15) is 13.2 Å². The minimum atomic E-state index is -3.89. The lowest BCUT2D eigenvalue weighted by Gasteiger charge is -2.13. The largest absolute Gasteiger partial charge is 0.465 e. The number of fused-ring (bicyclic) bond motifs is 1. The van der Waals surface area contributed by atoms with Crippen LogP contribution in [0.5, 0.6) is 0 Å². The van der Waals surface area contributed by atoms with Crippen LogP contribution in [-0.2, 0) is 14.8 Å². The van der Waals surface area contributed by atoms with E-state index in [1.165, 1.54) is 18.7 Å². The van der Waals surface area contributed by atoms with E-state index < -0.39 is 16.0 Å². The normalized spacial score (nSPS) is 11.5. The second-order valence-corrected chi connectivity index (χ2v) is 10.3. The van der Waals surface area contributed by atoms with Gasteiger partial charge in [0.25, 0.3) is 10.0 Å². The predicted molar refractivity (Wildman–Crippen MR) is 128 cm³/mol. The van der Waals surface area contributed by atoms with Crippen molar-refractivity contribution >= 4 is 43.2 Å². The van der Waals surface area contributed by atoms with Crippen LogP contribution in [0.1, 0.15) is 27.0 Å². The molecule has 32 heavy (non-hydrogen) atoms. The molecule has 0 saturated carbocycles. The number of nitrogens with zero attached hydrogens (tertiary/aromatic N) is 1. The van der Waals surface area contributed by atoms with Crippen LogP contribution in [0, 0.1) is 20.8 Å². The molecule has 1 heterocycles. The molecule has 0 unspecified atom stereocenters. The maximum atomic E-state index is 13.0. The van der Waals surface area contributed by atoms with Crippen LogP contribution in [0.2, 0.25) is 0 Å². The number of hydrogen-bond acceptors (Lipinski definition) is 6. The van der Waals surface area contributed by atoms with E-state index in [1.54, 1.807) is 43.4 Å². The van der Waals surface area contributed by atoms with Gasteiger partial charge in [0.1, 0.15) is 5.01 Å². The lowest BCUT2D eigenvalue weighted by atomic mass is 10.0. The average molecular weight is 467 g/mol. The Morgan fingerprint density at radius 3 is 2.41 bits per heavy atom. The molecule has 6 nitrogen and oxygen atoms in total. The van der Waals surface area contributed by atoms with E-state index in [0.717, 1.165) is 20.8 Å². The number of ether oxygens (including phenoxy) is 1. The standard InChI is InChI=1S/C24H22N2O4S2/c1-14-5-10-21-22(11-14)31-23(25-21)17-6-8-18(9-7-17)26-32(28,29)19-12-15(2)16(3)20(13-19)24(27)30-4/h5-13,26H,1-4H3. The zero-order chi connectivity index (χ0) is 23.0. The van der Waals surface area contributed by atoms with Crippen molar-refractivity contribution in [1.29, 1.82) is 0 Å². The molecule has 0 aliphatic carbocycles. The Labute approximate surface area is 190 Å².